The fourth-order valence-electron chi connectivity index (χ4n) is 2.96. The molecular weight excluding hydrogens is 266 g/mol. The van der Waals surface area contributed by atoms with Crippen LogP contribution in [0.15, 0.2) is 17.0 Å². The SMILES string of the molecule is NCCn1cnc(-c2nc(C3CCCCCCC3)no2)c1. The van der Waals surface area contributed by atoms with Crippen LogP contribution in [-0.2, 0) is 6.54 Å². The summed E-state index contributed by atoms with van der Waals surface area (Å²) in [7, 11) is 0. The molecule has 1 aliphatic rings. The van der Waals surface area contributed by atoms with E-state index in [1.54, 1.807) is 6.33 Å². The highest BCUT2D eigenvalue weighted by atomic mass is 16.5. The summed E-state index contributed by atoms with van der Waals surface area (Å²) in [5, 5.41) is 4.18. The molecule has 0 unspecified atom stereocenters. The standard InChI is InChI=1S/C15H23N5O/c16-8-9-20-10-13(17-11-20)15-18-14(19-21-15)12-6-4-2-1-3-5-7-12/h10-12H,1-9,16H2. The molecule has 0 bridgehead atoms. The van der Waals surface area contributed by atoms with Crippen LogP contribution in [0.2, 0.25) is 0 Å². The Morgan fingerprint density at radius 3 is 2.71 bits per heavy atom. The normalized spacial score (nSPS) is 17.6. The maximum absolute atomic E-state index is 5.54. The van der Waals surface area contributed by atoms with Crippen molar-refractivity contribution in [3.63, 3.8) is 0 Å². The van der Waals surface area contributed by atoms with E-state index >= 15 is 0 Å². The number of nitrogens with zero attached hydrogens (tertiary/aromatic N) is 4. The minimum Gasteiger partial charge on any atom is -0.335 e. The van der Waals surface area contributed by atoms with E-state index in [-0.39, 0.29) is 0 Å². The van der Waals surface area contributed by atoms with Crippen molar-refractivity contribution < 1.29 is 4.52 Å². The number of imidazole rings is 1. The molecule has 6 nitrogen and oxygen atoms in total. The first kappa shape index (κ1) is 14.3. The highest BCUT2D eigenvalue weighted by Crippen LogP contribution is 2.30. The second kappa shape index (κ2) is 6.85. The predicted octanol–water partition coefficient (Wildman–Crippen LogP) is 2.72. The molecule has 114 valence electrons. The second-order valence-corrected chi connectivity index (χ2v) is 5.79. The molecule has 0 atom stereocenters. The minimum absolute atomic E-state index is 0.439. The average Bonchev–Trinajstić information content (AvgIpc) is 3.07. The first-order chi connectivity index (χ1) is 10.4. The van der Waals surface area contributed by atoms with E-state index in [9.17, 15) is 0 Å². The molecule has 1 saturated carbocycles. The zero-order chi connectivity index (χ0) is 14.5. The summed E-state index contributed by atoms with van der Waals surface area (Å²) in [4.78, 5) is 8.87. The van der Waals surface area contributed by atoms with Crippen LogP contribution < -0.4 is 5.73 Å². The van der Waals surface area contributed by atoms with E-state index in [1.165, 1.54) is 44.9 Å². The monoisotopic (exact) mass is 289 g/mol. The molecule has 21 heavy (non-hydrogen) atoms. The minimum atomic E-state index is 0.439. The van der Waals surface area contributed by atoms with E-state index in [2.05, 4.69) is 15.1 Å². The van der Waals surface area contributed by atoms with Crippen LogP contribution in [0.5, 0.6) is 0 Å². The van der Waals surface area contributed by atoms with E-state index in [4.69, 9.17) is 10.3 Å². The van der Waals surface area contributed by atoms with Crippen LogP contribution in [0.1, 0.15) is 56.7 Å². The Labute approximate surface area is 124 Å². The molecule has 0 amide bonds. The van der Waals surface area contributed by atoms with Gasteiger partial charge in [-0.05, 0) is 12.8 Å². The molecule has 2 aromatic rings. The van der Waals surface area contributed by atoms with Crippen LogP contribution in [-0.4, -0.2) is 26.2 Å². The van der Waals surface area contributed by atoms with Crippen molar-refractivity contribution in [2.45, 2.75) is 57.4 Å². The summed E-state index contributed by atoms with van der Waals surface area (Å²) in [6, 6.07) is 0. The third-order valence-corrected chi connectivity index (χ3v) is 4.15. The Balaban J connectivity index is 1.72. The molecule has 0 saturated heterocycles. The molecule has 2 heterocycles. The van der Waals surface area contributed by atoms with Gasteiger partial charge in [-0.25, -0.2) is 4.98 Å². The average molecular weight is 289 g/mol. The Bertz CT molecular complexity index is 554. The summed E-state index contributed by atoms with van der Waals surface area (Å²) >= 11 is 0. The van der Waals surface area contributed by atoms with Crippen LogP contribution >= 0.6 is 0 Å². The van der Waals surface area contributed by atoms with Crippen molar-refractivity contribution in [1.29, 1.82) is 0 Å². The third kappa shape index (κ3) is 3.50. The van der Waals surface area contributed by atoms with Gasteiger partial charge in [0.25, 0.3) is 5.89 Å². The van der Waals surface area contributed by atoms with Crippen molar-refractivity contribution in [1.82, 2.24) is 19.7 Å². The van der Waals surface area contributed by atoms with Gasteiger partial charge in [0.05, 0.1) is 6.33 Å². The molecule has 2 N–H and O–H groups in total. The number of nitrogens with two attached hydrogens (primary N) is 1. The molecule has 0 radical (unpaired) electrons. The molecule has 1 aliphatic carbocycles. The molecule has 0 aromatic carbocycles. The molecule has 1 fully saturated rings. The van der Waals surface area contributed by atoms with Crippen molar-refractivity contribution in [2.75, 3.05) is 6.54 Å². The Hall–Kier alpha value is -1.69. The quantitative estimate of drug-likeness (QED) is 0.935. The number of rotatable bonds is 4. The van der Waals surface area contributed by atoms with Gasteiger partial charge in [-0.3, -0.25) is 0 Å². The molecular formula is C15H23N5O. The first-order valence-electron chi connectivity index (χ1n) is 7.92. The number of hydrogen-bond acceptors (Lipinski definition) is 5. The number of hydrogen-bond donors (Lipinski definition) is 1. The van der Waals surface area contributed by atoms with Crippen LogP contribution in [0.25, 0.3) is 11.6 Å². The molecule has 0 aliphatic heterocycles. The van der Waals surface area contributed by atoms with Gasteiger partial charge < -0.3 is 14.8 Å². The van der Waals surface area contributed by atoms with Crippen molar-refractivity contribution >= 4 is 0 Å². The summed E-state index contributed by atoms with van der Waals surface area (Å²) < 4.78 is 7.34. The van der Waals surface area contributed by atoms with Gasteiger partial charge in [0, 0.05) is 25.2 Å². The lowest BCUT2D eigenvalue weighted by molar-refractivity contribution is 0.392. The van der Waals surface area contributed by atoms with Crippen molar-refractivity contribution in [3.8, 4) is 11.6 Å². The predicted molar refractivity (Wildman–Crippen MR) is 79.6 cm³/mol. The molecule has 6 heteroatoms. The largest absolute Gasteiger partial charge is 0.335 e. The van der Waals surface area contributed by atoms with E-state index in [0.29, 0.717) is 18.4 Å². The molecule has 0 spiro atoms. The van der Waals surface area contributed by atoms with Crippen molar-refractivity contribution in [2.24, 2.45) is 5.73 Å². The topological polar surface area (TPSA) is 82.8 Å². The van der Waals surface area contributed by atoms with Gasteiger partial charge in [-0.2, -0.15) is 4.98 Å². The van der Waals surface area contributed by atoms with E-state index in [1.807, 2.05) is 10.8 Å². The summed E-state index contributed by atoms with van der Waals surface area (Å²) in [6.07, 6.45) is 12.5. The molecule has 2 aromatic heterocycles. The summed E-state index contributed by atoms with van der Waals surface area (Å²) in [5.74, 6) is 1.80. The van der Waals surface area contributed by atoms with Gasteiger partial charge in [0.15, 0.2) is 5.82 Å². The zero-order valence-electron chi connectivity index (χ0n) is 12.4. The van der Waals surface area contributed by atoms with Gasteiger partial charge >= 0.3 is 0 Å². The lowest BCUT2D eigenvalue weighted by atomic mass is 9.91. The maximum atomic E-state index is 5.54. The van der Waals surface area contributed by atoms with Gasteiger partial charge in [0.1, 0.15) is 5.69 Å². The van der Waals surface area contributed by atoms with Gasteiger partial charge in [-0.15, -0.1) is 0 Å². The summed E-state index contributed by atoms with van der Waals surface area (Å²) in [5.41, 5.74) is 6.27. The van der Waals surface area contributed by atoms with Crippen LogP contribution in [0, 0.1) is 0 Å². The smallest absolute Gasteiger partial charge is 0.278 e. The maximum Gasteiger partial charge on any atom is 0.278 e. The third-order valence-electron chi connectivity index (χ3n) is 4.15. The van der Waals surface area contributed by atoms with E-state index < -0.39 is 0 Å². The fourth-order valence-corrected chi connectivity index (χ4v) is 2.96. The van der Waals surface area contributed by atoms with Gasteiger partial charge in [0.2, 0.25) is 0 Å². The van der Waals surface area contributed by atoms with Crippen molar-refractivity contribution in [3.05, 3.63) is 18.3 Å². The number of aromatic nitrogens is 4. The Morgan fingerprint density at radius 2 is 1.95 bits per heavy atom. The lowest BCUT2D eigenvalue weighted by Gasteiger charge is -2.15. The fraction of sp³-hybridized carbons (Fsp3) is 0.667. The van der Waals surface area contributed by atoms with Gasteiger partial charge in [-0.1, -0.05) is 37.3 Å². The second-order valence-electron chi connectivity index (χ2n) is 5.79. The van der Waals surface area contributed by atoms with Crippen LogP contribution in [0.4, 0.5) is 0 Å². The molecule has 3 rings (SSSR count). The Kier molecular flexibility index (Phi) is 4.65. The summed E-state index contributed by atoms with van der Waals surface area (Å²) in [6.45, 7) is 1.34. The zero-order valence-corrected chi connectivity index (χ0v) is 12.4. The Morgan fingerprint density at radius 1 is 1.19 bits per heavy atom. The van der Waals surface area contributed by atoms with Crippen LogP contribution in [0.3, 0.4) is 0 Å². The first-order valence-corrected chi connectivity index (χ1v) is 7.92. The highest BCUT2D eigenvalue weighted by molar-refractivity contribution is 5.44. The lowest BCUT2D eigenvalue weighted by Crippen LogP contribution is -2.07. The van der Waals surface area contributed by atoms with E-state index in [0.717, 1.165) is 18.1 Å². The highest BCUT2D eigenvalue weighted by Gasteiger charge is 2.20.